The van der Waals surface area contributed by atoms with Crippen molar-refractivity contribution in [2.45, 2.75) is 32.2 Å². The van der Waals surface area contributed by atoms with Gasteiger partial charge in [0.1, 0.15) is 0 Å². The fourth-order valence-corrected chi connectivity index (χ4v) is 3.23. The molecule has 0 bridgehead atoms. The number of nitrogens with one attached hydrogen (secondary N) is 2. The summed E-state index contributed by atoms with van der Waals surface area (Å²) in [6.07, 6.45) is 7.02. The first-order valence-electron chi connectivity index (χ1n) is 8.51. The summed E-state index contributed by atoms with van der Waals surface area (Å²) in [6, 6.07) is 9.78. The van der Waals surface area contributed by atoms with Crippen molar-refractivity contribution in [1.82, 2.24) is 15.1 Å². The first kappa shape index (κ1) is 15.7. The van der Waals surface area contributed by atoms with Gasteiger partial charge < -0.3 is 10.2 Å². The molecule has 0 spiro atoms. The third-order valence-corrected chi connectivity index (χ3v) is 4.53. The van der Waals surface area contributed by atoms with Gasteiger partial charge in [0.15, 0.2) is 0 Å². The maximum absolute atomic E-state index is 12.4. The molecule has 0 unspecified atom stereocenters. The molecule has 3 rings (SSSR count). The molecule has 23 heavy (non-hydrogen) atoms. The number of carbonyl (C=O) groups is 1. The highest BCUT2D eigenvalue weighted by Gasteiger charge is 2.23. The molecule has 1 aliphatic heterocycles. The number of aromatic nitrogens is 2. The van der Waals surface area contributed by atoms with Gasteiger partial charge in [0, 0.05) is 36.8 Å². The number of quaternary nitrogens is 1. The SMILES string of the molecule is CCC[NH+]1CCC(NC(=O)c2ccc(-n3cccn3)cc2)CC1. The molecule has 0 radical (unpaired) electrons. The molecule has 1 aromatic heterocycles. The summed E-state index contributed by atoms with van der Waals surface area (Å²) in [5.41, 5.74) is 1.67. The van der Waals surface area contributed by atoms with Crippen LogP contribution in [0.15, 0.2) is 42.7 Å². The minimum absolute atomic E-state index is 0.0287. The number of rotatable bonds is 5. The van der Waals surface area contributed by atoms with E-state index in [0.29, 0.717) is 11.6 Å². The van der Waals surface area contributed by atoms with Crippen molar-refractivity contribution in [1.29, 1.82) is 0 Å². The van der Waals surface area contributed by atoms with Gasteiger partial charge in [-0.2, -0.15) is 5.10 Å². The molecular weight excluding hydrogens is 288 g/mol. The smallest absolute Gasteiger partial charge is 0.251 e. The fourth-order valence-electron chi connectivity index (χ4n) is 3.23. The molecule has 0 atom stereocenters. The molecule has 5 heteroatoms. The number of nitrogens with zero attached hydrogens (tertiary/aromatic N) is 2. The first-order chi connectivity index (χ1) is 11.3. The standard InChI is InChI=1S/C18H24N4O/c1-2-11-21-13-8-16(9-14-21)20-18(23)15-4-6-17(7-5-15)22-12-3-10-19-22/h3-7,10,12,16H,2,8-9,11,13-14H2,1H3,(H,20,23)/p+1. The van der Waals surface area contributed by atoms with E-state index in [1.807, 2.05) is 36.5 Å². The van der Waals surface area contributed by atoms with Gasteiger partial charge in [-0.05, 0) is 36.8 Å². The number of amides is 1. The Kier molecular flexibility index (Phi) is 5.08. The second-order valence-electron chi connectivity index (χ2n) is 6.25. The van der Waals surface area contributed by atoms with Crippen LogP contribution in [0.1, 0.15) is 36.5 Å². The van der Waals surface area contributed by atoms with Crippen molar-refractivity contribution in [3.05, 3.63) is 48.3 Å². The monoisotopic (exact) mass is 313 g/mol. The van der Waals surface area contributed by atoms with Crippen LogP contribution in [0.4, 0.5) is 0 Å². The topological polar surface area (TPSA) is 51.4 Å². The normalized spacial score (nSPS) is 21.1. The lowest BCUT2D eigenvalue weighted by Crippen LogP contribution is -3.13. The number of likely N-dealkylation sites (tertiary alicyclic amines) is 1. The summed E-state index contributed by atoms with van der Waals surface area (Å²) in [5.74, 6) is 0.0287. The van der Waals surface area contributed by atoms with Gasteiger partial charge in [-0.1, -0.05) is 6.92 Å². The lowest BCUT2D eigenvalue weighted by Gasteiger charge is -2.29. The van der Waals surface area contributed by atoms with Crippen LogP contribution in [0.3, 0.4) is 0 Å². The van der Waals surface area contributed by atoms with Crippen molar-refractivity contribution in [2.75, 3.05) is 19.6 Å². The Morgan fingerprint density at radius 3 is 2.65 bits per heavy atom. The van der Waals surface area contributed by atoms with Crippen LogP contribution in [-0.4, -0.2) is 41.4 Å². The Bertz CT molecular complexity index is 613. The average Bonchev–Trinajstić information content (AvgIpc) is 3.11. The van der Waals surface area contributed by atoms with E-state index in [2.05, 4.69) is 17.3 Å². The van der Waals surface area contributed by atoms with Crippen LogP contribution in [0.2, 0.25) is 0 Å². The molecule has 1 fully saturated rings. The van der Waals surface area contributed by atoms with Gasteiger partial charge in [-0.15, -0.1) is 0 Å². The molecule has 1 aromatic carbocycles. The number of piperidine rings is 1. The van der Waals surface area contributed by atoms with Gasteiger partial charge in [-0.25, -0.2) is 4.68 Å². The van der Waals surface area contributed by atoms with Crippen molar-refractivity contribution in [3.8, 4) is 5.69 Å². The van der Waals surface area contributed by atoms with Gasteiger partial charge >= 0.3 is 0 Å². The molecule has 2 aromatic rings. The van der Waals surface area contributed by atoms with E-state index in [-0.39, 0.29) is 5.91 Å². The maximum atomic E-state index is 12.4. The highest BCUT2D eigenvalue weighted by Crippen LogP contribution is 2.09. The zero-order valence-electron chi connectivity index (χ0n) is 13.7. The van der Waals surface area contributed by atoms with E-state index < -0.39 is 0 Å². The lowest BCUT2D eigenvalue weighted by molar-refractivity contribution is -0.905. The minimum atomic E-state index is 0.0287. The molecule has 0 aliphatic carbocycles. The highest BCUT2D eigenvalue weighted by molar-refractivity contribution is 5.94. The summed E-state index contributed by atoms with van der Waals surface area (Å²) in [5, 5.41) is 7.37. The Hall–Kier alpha value is -2.14. The van der Waals surface area contributed by atoms with Crippen LogP contribution in [0.25, 0.3) is 5.69 Å². The summed E-state index contributed by atoms with van der Waals surface area (Å²) < 4.78 is 1.79. The average molecular weight is 313 g/mol. The summed E-state index contributed by atoms with van der Waals surface area (Å²) in [7, 11) is 0. The number of benzene rings is 1. The number of hydrogen-bond acceptors (Lipinski definition) is 2. The van der Waals surface area contributed by atoms with Crippen molar-refractivity contribution in [3.63, 3.8) is 0 Å². The second-order valence-corrected chi connectivity index (χ2v) is 6.25. The molecule has 122 valence electrons. The van der Waals surface area contributed by atoms with E-state index in [1.54, 1.807) is 15.8 Å². The molecule has 1 aliphatic rings. The first-order valence-corrected chi connectivity index (χ1v) is 8.51. The van der Waals surface area contributed by atoms with Crippen molar-refractivity contribution >= 4 is 5.91 Å². The van der Waals surface area contributed by atoms with E-state index >= 15 is 0 Å². The molecule has 0 saturated carbocycles. The van der Waals surface area contributed by atoms with Crippen LogP contribution in [0, 0.1) is 0 Å². The molecule has 5 nitrogen and oxygen atoms in total. The van der Waals surface area contributed by atoms with E-state index in [9.17, 15) is 4.79 Å². The minimum Gasteiger partial charge on any atom is -0.349 e. The summed E-state index contributed by atoms with van der Waals surface area (Å²) >= 11 is 0. The Labute approximate surface area is 137 Å². The molecule has 1 amide bonds. The van der Waals surface area contributed by atoms with Gasteiger partial charge in [0.2, 0.25) is 0 Å². The Morgan fingerprint density at radius 1 is 1.30 bits per heavy atom. The second kappa shape index (κ2) is 7.42. The van der Waals surface area contributed by atoms with Crippen LogP contribution < -0.4 is 10.2 Å². The fraction of sp³-hybridized carbons (Fsp3) is 0.444. The molecule has 1 saturated heterocycles. The van der Waals surface area contributed by atoms with Gasteiger partial charge in [-0.3, -0.25) is 4.79 Å². The molecule has 2 heterocycles. The highest BCUT2D eigenvalue weighted by atomic mass is 16.1. The zero-order valence-corrected chi connectivity index (χ0v) is 13.7. The van der Waals surface area contributed by atoms with Crippen molar-refractivity contribution in [2.24, 2.45) is 0 Å². The molecular formula is C18H25N4O+. The van der Waals surface area contributed by atoms with Gasteiger partial charge in [0.25, 0.3) is 5.91 Å². The number of hydrogen-bond donors (Lipinski definition) is 2. The predicted molar refractivity (Wildman–Crippen MR) is 89.9 cm³/mol. The van der Waals surface area contributed by atoms with E-state index in [4.69, 9.17) is 0 Å². The van der Waals surface area contributed by atoms with Crippen LogP contribution >= 0.6 is 0 Å². The van der Waals surface area contributed by atoms with E-state index in [0.717, 1.165) is 31.6 Å². The lowest BCUT2D eigenvalue weighted by atomic mass is 10.0. The van der Waals surface area contributed by atoms with Crippen LogP contribution in [-0.2, 0) is 0 Å². The third-order valence-electron chi connectivity index (χ3n) is 4.53. The molecule has 2 N–H and O–H groups in total. The maximum Gasteiger partial charge on any atom is 0.251 e. The number of carbonyl (C=O) groups excluding carboxylic acids is 1. The summed E-state index contributed by atoms with van der Waals surface area (Å²) in [6.45, 7) is 5.80. The van der Waals surface area contributed by atoms with Gasteiger partial charge in [0.05, 0.1) is 25.3 Å². The predicted octanol–water partition coefficient (Wildman–Crippen LogP) is 1.06. The van der Waals surface area contributed by atoms with Crippen LogP contribution in [0.5, 0.6) is 0 Å². The Morgan fingerprint density at radius 2 is 2.04 bits per heavy atom. The largest absolute Gasteiger partial charge is 0.349 e. The quantitative estimate of drug-likeness (QED) is 0.867. The summed E-state index contributed by atoms with van der Waals surface area (Å²) in [4.78, 5) is 14.0. The zero-order chi connectivity index (χ0) is 16.1. The Balaban J connectivity index is 1.54. The van der Waals surface area contributed by atoms with E-state index in [1.165, 1.54) is 13.0 Å². The third kappa shape index (κ3) is 3.99. The van der Waals surface area contributed by atoms with Crippen molar-refractivity contribution < 1.29 is 9.69 Å².